The van der Waals surface area contributed by atoms with E-state index in [4.69, 9.17) is 26.2 Å². The van der Waals surface area contributed by atoms with Gasteiger partial charge >= 0.3 is 0 Å². The summed E-state index contributed by atoms with van der Waals surface area (Å²) in [5, 5.41) is 5.30. The highest BCUT2D eigenvalue weighted by Crippen LogP contribution is 2.46. The maximum Gasteiger partial charge on any atom is 0.246 e. The van der Waals surface area contributed by atoms with Gasteiger partial charge in [0.05, 0.1) is 36.9 Å². The number of likely N-dealkylation sites (tertiary alicyclic amines) is 1. The number of allylic oxidation sites excluding steroid dienone is 1. The molecule has 1 spiro atoms. The molecule has 2 fully saturated rings. The summed E-state index contributed by atoms with van der Waals surface area (Å²) >= 11 is 6.48. The maximum atomic E-state index is 16.9. The number of halogens is 2. The van der Waals surface area contributed by atoms with E-state index in [0.717, 1.165) is 67.2 Å². The largest absolute Gasteiger partial charge is 0.490 e. The zero-order valence-corrected chi connectivity index (χ0v) is 32.6. The predicted molar refractivity (Wildman–Crippen MR) is 204 cm³/mol. The Labute approximate surface area is 314 Å². The lowest BCUT2D eigenvalue weighted by Crippen LogP contribution is -2.58. The Hall–Kier alpha value is -2.74. The number of anilines is 1. The topological polar surface area (TPSA) is 109 Å². The van der Waals surface area contributed by atoms with Crippen LogP contribution < -0.4 is 14.8 Å². The molecule has 1 unspecified atom stereocenters. The number of fused-ring (bicyclic) bond motifs is 3. The maximum absolute atomic E-state index is 16.9. The standard InChI is InChI=1S/C39H55ClFN5O5S/c1-27-9-14-35-34(23-27)46(25-39(26-51-35)15-5-7-30-24-31(40)11-12-32(30)39)36-8-6-16-45(36)37(33(41)13-10-28(2)29(3)52(42,48)49)38(47)43(4)17-18-44-19-21-50-22-20-44/h9,11-14,23-24,28-29,36-37H,5-8,10,15-22,25-26H2,1-4H3,(H2,42,48,49)/b33-13-/t28-,29+,36+,37?,39-/m0/s1. The number of hydrogen-bond donors (Lipinski definition) is 1. The van der Waals surface area contributed by atoms with Crippen molar-refractivity contribution in [3.63, 3.8) is 0 Å². The first kappa shape index (κ1) is 39.0. The number of benzene rings is 2. The third kappa shape index (κ3) is 8.47. The van der Waals surface area contributed by atoms with Crippen LogP contribution in [-0.4, -0.2) is 113 Å². The highest BCUT2D eigenvalue weighted by Gasteiger charge is 2.47. The van der Waals surface area contributed by atoms with Crippen molar-refractivity contribution in [2.24, 2.45) is 11.1 Å². The normalized spacial score (nSPS) is 24.8. The molecule has 2 saturated heterocycles. The summed E-state index contributed by atoms with van der Waals surface area (Å²) < 4.78 is 53.3. The number of carbonyl (C=O) groups is 1. The Morgan fingerprint density at radius 3 is 2.67 bits per heavy atom. The van der Waals surface area contributed by atoms with Gasteiger partial charge in [0, 0.05) is 56.8 Å². The first-order valence-electron chi connectivity index (χ1n) is 18.7. The van der Waals surface area contributed by atoms with Crippen LogP contribution in [0.4, 0.5) is 10.1 Å². The molecule has 2 N–H and O–H groups in total. The fourth-order valence-electron chi connectivity index (χ4n) is 8.45. The molecule has 52 heavy (non-hydrogen) atoms. The Balaban J connectivity index is 1.36. The molecule has 286 valence electrons. The molecular formula is C39H55ClFN5O5S. The van der Waals surface area contributed by atoms with Gasteiger partial charge in [0.15, 0.2) is 0 Å². The third-order valence-electron chi connectivity index (χ3n) is 11.8. The predicted octanol–water partition coefficient (Wildman–Crippen LogP) is 5.26. The van der Waals surface area contributed by atoms with Crippen LogP contribution in [0, 0.1) is 12.8 Å². The van der Waals surface area contributed by atoms with Crippen molar-refractivity contribution >= 4 is 33.2 Å². The zero-order chi connectivity index (χ0) is 37.2. The second-order valence-corrected chi connectivity index (χ2v) is 17.8. The number of aryl methyl sites for hydroxylation is 2. The minimum atomic E-state index is -3.81. The Kier molecular flexibility index (Phi) is 12.2. The molecule has 13 heteroatoms. The molecule has 2 aromatic carbocycles. The molecule has 0 aromatic heterocycles. The highest BCUT2D eigenvalue weighted by atomic mass is 35.5. The van der Waals surface area contributed by atoms with Crippen LogP contribution in [0.5, 0.6) is 5.75 Å². The first-order chi connectivity index (χ1) is 24.8. The van der Waals surface area contributed by atoms with Crippen LogP contribution in [0.3, 0.4) is 0 Å². The quantitative estimate of drug-likeness (QED) is 0.331. The van der Waals surface area contributed by atoms with Crippen LogP contribution in [0.15, 0.2) is 48.3 Å². The minimum absolute atomic E-state index is 0.130. The van der Waals surface area contributed by atoms with E-state index in [-0.39, 0.29) is 23.9 Å². The van der Waals surface area contributed by atoms with Crippen molar-refractivity contribution in [1.29, 1.82) is 0 Å². The minimum Gasteiger partial charge on any atom is -0.490 e. The van der Waals surface area contributed by atoms with E-state index in [9.17, 15) is 13.2 Å². The summed E-state index contributed by atoms with van der Waals surface area (Å²) in [5.74, 6) is -0.541. The summed E-state index contributed by atoms with van der Waals surface area (Å²) in [5.41, 5.74) is 4.17. The Morgan fingerprint density at radius 2 is 1.92 bits per heavy atom. The fourth-order valence-corrected chi connectivity index (χ4v) is 9.40. The molecule has 10 nitrogen and oxygen atoms in total. The van der Waals surface area contributed by atoms with Crippen molar-refractivity contribution in [3.8, 4) is 5.75 Å². The average Bonchev–Trinajstić information content (AvgIpc) is 3.53. The second kappa shape index (κ2) is 16.3. The lowest BCUT2D eigenvalue weighted by atomic mass is 9.70. The van der Waals surface area contributed by atoms with Crippen LogP contribution >= 0.6 is 11.6 Å². The Bertz CT molecular complexity index is 1740. The zero-order valence-electron chi connectivity index (χ0n) is 31.0. The van der Waals surface area contributed by atoms with Gasteiger partial charge in [-0.15, -0.1) is 0 Å². The number of sulfonamides is 1. The molecule has 3 aliphatic heterocycles. The van der Waals surface area contributed by atoms with E-state index in [1.807, 2.05) is 17.0 Å². The molecule has 0 bridgehead atoms. The number of carbonyl (C=O) groups excluding carboxylic acids is 1. The monoisotopic (exact) mass is 759 g/mol. The van der Waals surface area contributed by atoms with Crippen molar-refractivity contribution in [2.75, 3.05) is 71.0 Å². The van der Waals surface area contributed by atoms with E-state index >= 15 is 4.39 Å². The number of nitrogens with two attached hydrogens (primary N) is 1. The number of morpholine rings is 1. The van der Waals surface area contributed by atoms with Crippen LogP contribution in [-0.2, 0) is 31.4 Å². The van der Waals surface area contributed by atoms with Gasteiger partial charge in [0.1, 0.15) is 17.6 Å². The van der Waals surface area contributed by atoms with Crippen molar-refractivity contribution < 1.29 is 27.1 Å². The molecule has 1 amide bonds. The molecule has 0 radical (unpaired) electrons. The van der Waals surface area contributed by atoms with Gasteiger partial charge in [0.2, 0.25) is 15.9 Å². The number of primary sulfonamides is 1. The Morgan fingerprint density at radius 1 is 1.15 bits per heavy atom. The van der Waals surface area contributed by atoms with Crippen molar-refractivity contribution in [2.45, 2.75) is 82.2 Å². The SMILES string of the molecule is Cc1ccc2c(c1)N([C@@H]1CCCN1C(C(=O)N(C)CCN1CCOCC1)/C(F)=C/C[C@H](C)[C@@H](C)S(N)(=O)=O)C[C@@]1(CCCc3cc(Cl)ccc31)CO2. The number of hydrogen-bond acceptors (Lipinski definition) is 8. The highest BCUT2D eigenvalue weighted by molar-refractivity contribution is 7.89. The number of ether oxygens (including phenoxy) is 2. The van der Waals surface area contributed by atoms with Gasteiger partial charge < -0.3 is 19.3 Å². The first-order valence-corrected chi connectivity index (χ1v) is 20.7. The van der Waals surface area contributed by atoms with Gasteiger partial charge in [-0.3, -0.25) is 14.6 Å². The van der Waals surface area contributed by atoms with E-state index in [1.165, 1.54) is 17.2 Å². The molecule has 2 aromatic rings. The summed E-state index contributed by atoms with van der Waals surface area (Å²) in [4.78, 5) is 22.9. The van der Waals surface area contributed by atoms with E-state index in [1.54, 1.807) is 25.8 Å². The van der Waals surface area contributed by atoms with Gasteiger partial charge in [0.25, 0.3) is 0 Å². The summed E-state index contributed by atoms with van der Waals surface area (Å²) in [7, 11) is -2.06. The third-order valence-corrected chi connectivity index (χ3v) is 13.6. The summed E-state index contributed by atoms with van der Waals surface area (Å²) in [6.07, 6.45) is 5.65. The van der Waals surface area contributed by atoms with E-state index < -0.39 is 33.1 Å². The molecule has 3 heterocycles. The average molecular weight is 760 g/mol. The fraction of sp³-hybridized carbons (Fsp3) is 0.615. The molecule has 1 aliphatic carbocycles. The molecule has 5 atom stereocenters. The summed E-state index contributed by atoms with van der Waals surface area (Å²) in [6, 6.07) is 11.2. The molecular weight excluding hydrogens is 705 g/mol. The van der Waals surface area contributed by atoms with Crippen LogP contribution in [0.25, 0.3) is 0 Å². The lowest BCUT2D eigenvalue weighted by molar-refractivity contribution is -0.135. The number of likely N-dealkylation sites (N-methyl/N-ethyl adjacent to an activating group) is 1. The van der Waals surface area contributed by atoms with Gasteiger partial charge in [-0.2, -0.15) is 0 Å². The molecule has 4 aliphatic rings. The number of amides is 1. The van der Waals surface area contributed by atoms with Gasteiger partial charge in [-0.1, -0.05) is 36.7 Å². The van der Waals surface area contributed by atoms with Crippen molar-refractivity contribution in [3.05, 3.63) is 70.0 Å². The van der Waals surface area contributed by atoms with E-state index in [2.05, 4.69) is 41.0 Å². The molecule has 0 saturated carbocycles. The number of rotatable bonds is 11. The van der Waals surface area contributed by atoms with Gasteiger partial charge in [-0.05, 0) is 99.2 Å². The van der Waals surface area contributed by atoms with Crippen LogP contribution in [0.2, 0.25) is 5.02 Å². The summed E-state index contributed by atoms with van der Waals surface area (Å²) in [6.45, 7) is 11.0. The van der Waals surface area contributed by atoms with E-state index in [0.29, 0.717) is 46.0 Å². The van der Waals surface area contributed by atoms with Crippen LogP contribution in [0.1, 0.15) is 62.6 Å². The smallest absolute Gasteiger partial charge is 0.246 e. The van der Waals surface area contributed by atoms with Crippen molar-refractivity contribution in [1.82, 2.24) is 14.7 Å². The van der Waals surface area contributed by atoms with Gasteiger partial charge in [-0.25, -0.2) is 17.9 Å². The second-order valence-electron chi connectivity index (χ2n) is 15.4. The number of nitrogens with zero attached hydrogens (tertiary/aromatic N) is 4. The molecule has 6 rings (SSSR count). The lowest BCUT2D eigenvalue weighted by Gasteiger charge is -2.45.